The zero-order valence-electron chi connectivity index (χ0n) is 24.3. The van der Waals surface area contributed by atoms with Crippen LogP contribution in [-0.2, 0) is 31.1 Å². The molecule has 1 aliphatic heterocycles. The zero-order valence-corrected chi connectivity index (χ0v) is 25.1. The number of benzene rings is 1. The van der Waals surface area contributed by atoms with Crippen molar-refractivity contribution in [2.24, 2.45) is 5.92 Å². The van der Waals surface area contributed by atoms with Gasteiger partial charge in [0.15, 0.2) is 0 Å². The van der Waals surface area contributed by atoms with Gasteiger partial charge in [-0.2, -0.15) is 12.7 Å². The van der Waals surface area contributed by atoms with Crippen molar-refractivity contribution in [2.75, 3.05) is 27.8 Å². The van der Waals surface area contributed by atoms with E-state index in [4.69, 9.17) is 9.47 Å². The molecule has 2 aromatic rings. The second-order valence-corrected chi connectivity index (χ2v) is 13.3. The van der Waals surface area contributed by atoms with Gasteiger partial charge >= 0.3 is 16.2 Å². The maximum Gasteiger partial charge on any atom is 0.309 e. The Morgan fingerprint density at radius 1 is 1.19 bits per heavy atom. The van der Waals surface area contributed by atoms with Gasteiger partial charge in [0, 0.05) is 37.1 Å². The lowest BCUT2D eigenvalue weighted by atomic mass is 9.76. The summed E-state index contributed by atoms with van der Waals surface area (Å²) >= 11 is 0. The van der Waals surface area contributed by atoms with Gasteiger partial charge in [-0.3, -0.25) is 9.59 Å². The van der Waals surface area contributed by atoms with Crippen LogP contribution in [0.4, 0.5) is 0 Å². The summed E-state index contributed by atoms with van der Waals surface area (Å²) in [6.45, 7) is 4.05. The van der Waals surface area contributed by atoms with E-state index in [0.717, 1.165) is 56.2 Å². The van der Waals surface area contributed by atoms with Crippen molar-refractivity contribution in [1.82, 2.24) is 13.6 Å². The first kappa shape index (κ1) is 28.5. The lowest BCUT2D eigenvalue weighted by Crippen LogP contribution is -2.41. The van der Waals surface area contributed by atoms with Crippen LogP contribution in [0.3, 0.4) is 0 Å². The fourth-order valence-electron chi connectivity index (χ4n) is 7.17. The van der Waals surface area contributed by atoms with Gasteiger partial charge in [-0.05, 0) is 59.6 Å². The Kier molecular flexibility index (Phi) is 7.39. The molecule has 6 rings (SSSR count). The number of carbonyl (C=O) groups excluding carboxylic acids is 2. The lowest BCUT2D eigenvalue weighted by molar-refractivity contribution is -0.146. The molecular weight excluding hydrogens is 554 g/mol. The average molecular weight is 592 g/mol. The summed E-state index contributed by atoms with van der Waals surface area (Å²) in [6.07, 6.45) is 11.7. The van der Waals surface area contributed by atoms with Crippen LogP contribution in [0, 0.1) is 5.92 Å². The highest BCUT2D eigenvalue weighted by Crippen LogP contribution is 2.55. The molecule has 0 saturated heterocycles. The maximum absolute atomic E-state index is 13.5. The molecule has 9 nitrogen and oxygen atoms in total. The van der Waals surface area contributed by atoms with Gasteiger partial charge in [0.2, 0.25) is 0 Å². The van der Waals surface area contributed by atoms with Crippen molar-refractivity contribution in [3.8, 4) is 5.75 Å². The average Bonchev–Trinajstić information content (AvgIpc) is 3.62. The molecule has 0 radical (unpaired) electrons. The van der Waals surface area contributed by atoms with Crippen molar-refractivity contribution < 1.29 is 27.5 Å². The van der Waals surface area contributed by atoms with Crippen LogP contribution in [0.25, 0.3) is 10.9 Å². The summed E-state index contributed by atoms with van der Waals surface area (Å²) in [6, 6.07) is 6.34. The number of fused-ring (bicyclic) bond motifs is 6. The number of carbonyl (C=O) groups is 2. The smallest absolute Gasteiger partial charge is 0.309 e. The van der Waals surface area contributed by atoms with Crippen molar-refractivity contribution in [2.45, 2.75) is 56.9 Å². The molecule has 1 aromatic heterocycles. The molecule has 0 spiro atoms. The fourth-order valence-corrected chi connectivity index (χ4v) is 7.97. The predicted molar refractivity (Wildman–Crippen MR) is 160 cm³/mol. The number of nitrogens with zero attached hydrogens (tertiary/aromatic N) is 2. The number of methoxy groups -OCH3 is 2. The normalized spacial score (nSPS) is 21.9. The molecule has 1 aromatic carbocycles. The Balaban J connectivity index is 1.53. The number of allylic oxidation sites excluding steroid dienone is 4. The third-order valence-electron chi connectivity index (χ3n) is 9.24. The van der Waals surface area contributed by atoms with E-state index < -0.39 is 22.0 Å². The van der Waals surface area contributed by atoms with E-state index in [1.54, 1.807) is 7.11 Å². The van der Waals surface area contributed by atoms with E-state index in [2.05, 4.69) is 28.0 Å². The number of likely N-dealkylation sites (N-methyl/N-ethyl adjacent to an activating group) is 1. The van der Waals surface area contributed by atoms with Gasteiger partial charge in [0.05, 0.1) is 31.2 Å². The van der Waals surface area contributed by atoms with Crippen LogP contribution in [0.5, 0.6) is 5.75 Å². The summed E-state index contributed by atoms with van der Waals surface area (Å²) in [4.78, 5) is 26.7. The molecule has 42 heavy (non-hydrogen) atoms. The first-order chi connectivity index (χ1) is 20.2. The molecule has 1 amide bonds. The van der Waals surface area contributed by atoms with Crippen LogP contribution >= 0.6 is 0 Å². The van der Waals surface area contributed by atoms with E-state index in [9.17, 15) is 18.0 Å². The summed E-state index contributed by atoms with van der Waals surface area (Å²) in [7, 11) is 0.391. The van der Waals surface area contributed by atoms with Crippen molar-refractivity contribution in [3.63, 3.8) is 0 Å². The number of ether oxygens (including phenoxy) is 2. The molecule has 2 atom stereocenters. The van der Waals surface area contributed by atoms with Gasteiger partial charge in [0.1, 0.15) is 5.75 Å². The summed E-state index contributed by atoms with van der Waals surface area (Å²) in [5, 5.41) is 0.984. The minimum Gasteiger partial charge on any atom is -0.496 e. The van der Waals surface area contributed by atoms with Gasteiger partial charge in [-0.1, -0.05) is 43.6 Å². The molecule has 1 N–H and O–H groups in total. The zero-order chi connectivity index (χ0) is 29.8. The molecule has 1 fully saturated rings. The molecule has 222 valence electrons. The molecular formula is C32H37N3O6S. The Labute approximate surface area is 246 Å². The number of amides is 1. The first-order valence-electron chi connectivity index (χ1n) is 14.5. The standard InChI is InChI=1S/C32H37N3O6S/c1-5-16-34(2)42(38,39)33-31(36)29-24-18-35-25(27-21(28(24)29)12-9-13-22(27)32(37)41-4)17-23-26(40-3)15-14-20(30(23)35)19-10-7-6-8-11-19/h5,9,12,14-15,17,19,22,27H,1,6-8,10-11,13,16,18H2,2-4H3,(H,33,36)/t22-,27?/m1/s1/i32+0. The molecule has 10 heteroatoms. The van der Waals surface area contributed by atoms with E-state index >= 15 is 0 Å². The third-order valence-corrected chi connectivity index (χ3v) is 10.6. The van der Waals surface area contributed by atoms with E-state index in [0.29, 0.717) is 24.5 Å². The highest BCUT2D eigenvalue weighted by atomic mass is 32.2. The highest BCUT2D eigenvalue weighted by Gasteiger charge is 2.48. The minimum atomic E-state index is -4.06. The van der Waals surface area contributed by atoms with Crippen LogP contribution in [0.1, 0.15) is 61.6 Å². The topological polar surface area (TPSA) is 107 Å². The number of rotatable bonds is 8. The van der Waals surface area contributed by atoms with Gasteiger partial charge in [-0.15, -0.1) is 6.58 Å². The number of aromatic nitrogens is 1. The Morgan fingerprint density at radius 2 is 1.95 bits per heavy atom. The van der Waals surface area contributed by atoms with Crippen molar-refractivity contribution in [3.05, 3.63) is 76.6 Å². The molecule has 1 unspecified atom stereocenters. The number of esters is 1. The number of hydrogen-bond acceptors (Lipinski definition) is 6. The quantitative estimate of drug-likeness (QED) is 0.355. The van der Waals surface area contributed by atoms with E-state index in [1.807, 2.05) is 18.2 Å². The molecule has 2 heterocycles. The van der Waals surface area contributed by atoms with Crippen molar-refractivity contribution >= 4 is 33.0 Å². The SMILES string of the molecule is C=CCN(C)S(=O)(=O)NC(=O)C1=C2Cn3c(cc4c(OC)ccc(C5CCCCC5)c43)C3C(=C21)C=CC[C@H]3[12C](=O)OC. The minimum absolute atomic E-state index is 0.0680. The van der Waals surface area contributed by atoms with Crippen LogP contribution < -0.4 is 9.46 Å². The Morgan fingerprint density at radius 3 is 2.64 bits per heavy atom. The van der Waals surface area contributed by atoms with E-state index in [1.165, 1.54) is 45.1 Å². The first-order valence-corrected chi connectivity index (χ1v) is 16.0. The van der Waals surface area contributed by atoms with Gasteiger partial charge in [0.25, 0.3) is 5.91 Å². The predicted octanol–water partition coefficient (Wildman–Crippen LogP) is 4.63. The molecule has 4 aliphatic rings. The Bertz CT molecular complexity index is 1690. The molecule has 0 bridgehead atoms. The monoisotopic (exact) mass is 591 g/mol. The summed E-state index contributed by atoms with van der Waals surface area (Å²) < 4.78 is 42.3. The fraction of sp³-hybridized carbons (Fsp3) is 0.438. The maximum atomic E-state index is 13.5. The van der Waals surface area contributed by atoms with Gasteiger partial charge in [-0.25, -0.2) is 4.72 Å². The summed E-state index contributed by atoms with van der Waals surface area (Å²) in [5.74, 6) is -0.664. The largest absolute Gasteiger partial charge is 0.496 e. The van der Waals surface area contributed by atoms with Gasteiger partial charge < -0.3 is 14.0 Å². The summed E-state index contributed by atoms with van der Waals surface area (Å²) in [5.41, 5.74) is 6.03. The lowest BCUT2D eigenvalue weighted by Gasteiger charge is -2.29. The number of nitrogens with one attached hydrogen (secondary N) is 1. The second kappa shape index (κ2) is 10.9. The van der Waals surface area contributed by atoms with Crippen LogP contribution in [-0.4, -0.2) is 57.0 Å². The van der Waals surface area contributed by atoms with Crippen molar-refractivity contribution in [1.29, 1.82) is 0 Å². The highest BCUT2D eigenvalue weighted by molar-refractivity contribution is 7.87. The van der Waals surface area contributed by atoms with Crippen LogP contribution in [0.2, 0.25) is 0 Å². The number of hydrogen-bond donors (Lipinski definition) is 1. The Hall–Kier alpha value is -3.63. The molecule has 3 aliphatic carbocycles. The van der Waals surface area contributed by atoms with E-state index in [-0.39, 0.29) is 18.4 Å². The third kappa shape index (κ3) is 4.61. The van der Waals surface area contributed by atoms with Crippen LogP contribution in [0.15, 0.2) is 65.3 Å². The molecule has 1 saturated carbocycles. The second-order valence-electron chi connectivity index (χ2n) is 11.5.